The monoisotopic (exact) mass is 344 g/mol. The molecule has 122 valence electrons. The number of methoxy groups -OCH3 is 1. The Balaban J connectivity index is 1.80. The van der Waals surface area contributed by atoms with Crippen molar-refractivity contribution < 1.29 is 19.1 Å². The number of nitrogens with one attached hydrogen (secondary N) is 1. The fourth-order valence-corrected chi connectivity index (χ4v) is 2.68. The summed E-state index contributed by atoms with van der Waals surface area (Å²) in [6, 6.07) is 11.5. The summed E-state index contributed by atoms with van der Waals surface area (Å²) < 4.78 is 5.16. The van der Waals surface area contributed by atoms with E-state index in [1.165, 1.54) is 13.2 Å². The number of hydrogen-bond donors (Lipinski definition) is 1. The number of hydrogen-bond acceptors (Lipinski definition) is 4. The molecule has 1 N–H and O–H groups in total. The summed E-state index contributed by atoms with van der Waals surface area (Å²) in [5, 5.41) is 3.03. The molecule has 2 amide bonds. The van der Waals surface area contributed by atoms with E-state index in [-0.39, 0.29) is 12.1 Å². The summed E-state index contributed by atoms with van der Waals surface area (Å²) in [5.41, 5.74) is 1.07. The minimum atomic E-state index is -0.748. The summed E-state index contributed by atoms with van der Waals surface area (Å²) in [6.45, 7) is -0.281. The first-order valence-corrected chi connectivity index (χ1v) is 7.47. The van der Waals surface area contributed by atoms with Gasteiger partial charge in [0.1, 0.15) is 12.3 Å². The molecule has 0 atom stereocenters. The molecule has 0 fully saturated rings. The quantitative estimate of drug-likeness (QED) is 0.865. The minimum Gasteiger partial charge on any atom is -0.495 e. The van der Waals surface area contributed by atoms with Crippen LogP contribution in [0.1, 0.15) is 10.4 Å². The first-order chi connectivity index (χ1) is 11.5. The van der Waals surface area contributed by atoms with Crippen LogP contribution in [0.5, 0.6) is 5.75 Å². The second kappa shape index (κ2) is 6.33. The molecule has 2 aromatic carbocycles. The number of amides is 2. The number of ketones is 1. The highest BCUT2D eigenvalue weighted by atomic mass is 35.5. The lowest BCUT2D eigenvalue weighted by Gasteiger charge is -2.17. The van der Waals surface area contributed by atoms with Crippen molar-refractivity contribution in [3.05, 3.63) is 53.1 Å². The van der Waals surface area contributed by atoms with Gasteiger partial charge < -0.3 is 10.1 Å². The molecule has 0 aromatic heterocycles. The van der Waals surface area contributed by atoms with E-state index in [4.69, 9.17) is 16.3 Å². The molecule has 3 rings (SSSR count). The molecule has 1 heterocycles. The molecule has 0 saturated heterocycles. The predicted molar refractivity (Wildman–Crippen MR) is 89.8 cm³/mol. The molecule has 1 aliphatic heterocycles. The third-order valence-corrected chi connectivity index (χ3v) is 3.85. The SMILES string of the molecule is COc1ccccc1NC(=O)CN1C(=O)C(=O)c2cc(Cl)ccc21. The maximum Gasteiger partial charge on any atom is 0.299 e. The standard InChI is InChI=1S/C17H13ClN2O4/c1-24-14-5-3-2-4-12(14)19-15(21)9-20-13-7-6-10(18)8-11(13)16(22)17(20)23/h2-8H,9H2,1H3,(H,19,21). The topological polar surface area (TPSA) is 75.7 Å². The maximum absolute atomic E-state index is 12.3. The van der Waals surface area contributed by atoms with Gasteiger partial charge in [-0.25, -0.2) is 0 Å². The van der Waals surface area contributed by atoms with Gasteiger partial charge >= 0.3 is 0 Å². The van der Waals surface area contributed by atoms with E-state index in [9.17, 15) is 14.4 Å². The van der Waals surface area contributed by atoms with Crippen molar-refractivity contribution in [1.82, 2.24) is 0 Å². The van der Waals surface area contributed by atoms with Crippen LogP contribution >= 0.6 is 11.6 Å². The van der Waals surface area contributed by atoms with E-state index in [1.807, 2.05) is 0 Å². The van der Waals surface area contributed by atoms with E-state index in [0.717, 1.165) is 4.90 Å². The first kappa shape index (κ1) is 16.0. The van der Waals surface area contributed by atoms with Crippen LogP contribution in [-0.4, -0.2) is 31.3 Å². The fraction of sp³-hybridized carbons (Fsp3) is 0.118. The lowest BCUT2D eigenvalue weighted by molar-refractivity contribution is -0.118. The van der Waals surface area contributed by atoms with Gasteiger partial charge in [-0.2, -0.15) is 0 Å². The molecule has 0 aliphatic carbocycles. The van der Waals surface area contributed by atoms with Crippen LogP contribution in [-0.2, 0) is 9.59 Å². The van der Waals surface area contributed by atoms with Gasteiger partial charge in [-0.1, -0.05) is 23.7 Å². The molecule has 0 spiro atoms. The van der Waals surface area contributed by atoms with Crippen molar-refractivity contribution >= 4 is 40.6 Å². The average molecular weight is 345 g/mol. The Morgan fingerprint density at radius 3 is 2.71 bits per heavy atom. The van der Waals surface area contributed by atoms with Crippen molar-refractivity contribution in [2.24, 2.45) is 0 Å². The maximum atomic E-state index is 12.3. The Morgan fingerprint density at radius 2 is 1.96 bits per heavy atom. The highest BCUT2D eigenvalue weighted by Gasteiger charge is 2.36. The van der Waals surface area contributed by atoms with Gasteiger partial charge in [-0.15, -0.1) is 0 Å². The van der Waals surface area contributed by atoms with E-state index in [2.05, 4.69) is 5.32 Å². The Bertz CT molecular complexity index is 850. The third kappa shape index (κ3) is 2.83. The van der Waals surface area contributed by atoms with Gasteiger partial charge in [0, 0.05) is 5.02 Å². The minimum absolute atomic E-state index is 0.206. The van der Waals surface area contributed by atoms with Gasteiger partial charge in [0.25, 0.3) is 11.7 Å². The van der Waals surface area contributed by atoms with Crippen LogP contribution in [0.4, 0.5) is 11.4 Å². The number of nitrogens with zero attached hydrogens (tertiary/aromatic N) is 1. The summed E-state index contributed by atoms with van der Waals surface area (Å²) in [6.07, 6.45) is 0. The molecule has 0 radical (unpaired) electrons. The largest absolute Gasteiger partial charge is 0.495 e. The second-order valence-corrected chi connectivity index (χ2v) is 5.57. The number of para-hydroxylation sites is 2. The molecule has 2 aromatic rings. The molecule has 0 unspecified atom stereocenters. The number of rotatable bonds is 4. The number of Topliss-reactive ketones (excluding diaryl/α,β-unsaturated/α-hetero) is 1. The van der Waals surface area contributed by atoms with Crippen molar-refractivity contribution in [3.8, 4) is 5.75 Å². The third-order valence-electron chi connectivity index (χ3n) is 3.62. The molecular weight excluding hydrogens is 332 g/mol. The van der Waals surface area contributed by atoms with E-state index >= 15 is 0 Å². The second-order valence-electron chi connectivity index (χ2n) is 5.13. The zero-order valence-electron chi connectivity index (χ0n) is 12.7. The average Bonchev–Trinajstić information content (AvgIpc) is 2.80. The van der Waals surface area contributed by atoms with Crippen LogP contribution in [0.25, 0.3) is 0 Å². The van der Waals surface area contributed by atoms with Crippen molar-refractivity contribution in [1.29, 1.82) is 0 Å². The molecule has 24 heavy (non-hydrogen) atoms. The van der Waals surface area contributed by atoms with E-state index in [0.29, 0.717) is 22.1 Å². The number of benzene rings is 2. The molecular formula is C17H13ClN2O4. The molecule has 6 nitrogen and oxygen atoms in total. The van der Waals surface area contributed by atoms with Crippen molar-refractivity contribution in [3.63, 3.8) is 0 Å². The first-order valence-electron chi connectivity index (χ1n) is 7.10. The molecule has 7 heteroatoms. The van der Waals surface area contributed by atoms with E-state index < -0.39 is 17.6 Å². The van der Waals surface area contributed by atoms with Gasteiger partial charge in [-0.3, -0.25) is 19.3 Å². The predicted octanol–water partition coefficient (Wildman–Crippen LogP) is 2.52. The highest BCUT2D eigenvalue weighted by Crippen LogP contribution is 2.31. The Labute approximate surface area is 143 Å². The zero-order chi connectivity index (χ0) is 17.3. The van der Waals surface area contributed by atoms with Crippen LogP contribution in [0.15, 0.2) is 42.5 Å². The summed E-state index contributed by atoms with van der Waals surface area (Å²) in [4.78, 5) is 37.5. The highest BCUT2D eigenvalue weighted by molar-refractivity contribution is 6.53. The van der Waals surface area contributed by atoms with Gasteiger partial charge in [0.2, 0.25) is 5.91 Å². The summed E-state index contributed by atoms with van der Waals surface area (Å²) >= 11 is 5.86. The lowest BCUT2D eigenvalue weighted by Crippen LogP contribution is -2.37. The summed E-state index contributed by atoms with van der Waals surface area (Å²) in [5.74, 6) is -1.36. The Hall–Kier alpha value is -2.86. The lowest BCUT2D eigenvalue weighted by atomic mass is 10.1. The van der Waals surface area contributed by atoms with Crippen molar-refractivity contribution in [2.75, 3.05) is 23.9 Å². The number of carbonyl (C=O) groups is 3. The van der Waals surface area contributed by atoms with Crippen LogP contribution in [0.2, 0.25) is 5.02 Å². The number of ether oxygens (including phenoxy) is 1. The number of carbonyl (C=O) groups excluding carboxylic acids is 3. The normalized spacial score (nSPS) is 13.0. The van der Waals surface area contributed by atoms with Gasteiger partial charge in [0.05, 0.1) is 24.0 Å². The van der Waals surface area contributed by atoms with Gasteiger partial charge in [-0.05, 0) is 30.3 Å². The Kier molecular flexibility index (Phi) is 4.22. The van der Waals surface area contributed by atoms with Gasteiger partial charge in [0.15, 0.2) is 0 Å². The van der Waals surface area contributed by atoms with Crippen LogP contribution in [0.3, 0.4) is 0 Å². The smallest absolute Gasteiger partial charge is 0.299 e. The molecule has 0 saturated carbocycles. The Morgan fingerprint density at radius 1 is 1.21 bits per heavy atom. The van der Waals surface area contributed by atoms with Crippen molar-refractivity contribution in [2.45, 2.75) is 0 Å². The zero-order valence-corrected chi connectivity index (χ0v) is 13.5. The molecule has 1 aliphatic rings. The fourth-order valence-electron chi connectivity index (χ4n) is 2.51. The number of anilines is 2. The van der Waals surface area contributed by atoms with E-state index in [1.54, 1.807) is 36.4 Å². The molecule has 0 bridgehead atoms. The number of halogens is 1. The summed E-state index contributed by atoms with van der Waals surface area (Å²) in [7, 11) is 1.49. The van der Waals surface area contributed by atoms with Crippen LogP contribution in [0, 0.1) is 0 Å². The van der Waals surface area contributed by atoms with Crippen LogP contribution < -0.4 is 15.0 Å². The number of fused-ring (bicyclic) bond motifs is 1.